The number of nitriles is 1. The van der Waals surface area contributed by atoms with Crippen molar-refractivity contribution >= 4 is 5.91 Å². The number of rotatable bonds is 2. The summed E-state index contributed by atoms with van der Waals surface area (Å²) < 4.78 is 0. The van der Waals surface area contributed by atoms with E-state index in [0.717, 1.165) is 36.8 Å². The molecule has 0 saturated heterocycles. The second-order valence-corrected chi connectivity index (χ2v) is 5.37. The molecule has 0 radical (unpaired) electrons. The fraction of sp³-hybridized carbons (Fsp3) is 0.500. The third-order valence-corrected chi connectivity index (χ3v) is 4.12. The predicted octanol–water partition coefficient (Wildman–Crippen LogP) is 3.15. The van der Waals surface area contributed by atoms with Crippen LogP contribution < -0.4 is 0 Å². The van der Waals surface area contributed by atoms with Gasteiger partial charge in [0.1, 0.15) is 0 Å². The molecule has 1 aliphatic rings. The summed E-state index contributed by atoms with van der Waals surface area (Å²) in [6, 6.07) is 10.3. The van der Waals surface area contributed by atoms with Crippen molar-refractivity contribution in [2.75, 3.05) is 7.05 Å². The number of hydrogen-bond acceptors (Lipinski definition) is 2. The second kappa shape index (κ2) is 5.88. The lowest BCUT2D eigenvalue weighted by Gasteiger charge is -2.33. The first-order valence-electron chi connectivity index (χ1n) is 6.86. The van der Waals surface area contributed by atoms with Gasteiger partial charge in [0.15, 0.2) is 0 Å². The molecule has 0 N–H and O–H groups in total. The summed E-state index contributed by atoms with van der Waals surface area (Å²) in [5.41, 5.74) is 1.80. The zero-order valence-corrected chi connectivity index (χ0v) is 11.6. The number of amides is 1. The Bertz CT molecular complexity index is 496. The van der Waals surface area contributed by atoms with E-state index in [4.69, 9.17) is 5.26 Å². The maximum absolute atomic E-state index is 12.5. The van der Waals surface area contributed by atoms with Crippen molar-refractivity contribution in [3.63, 3.8) is 0 Å². The highest BCUT2D eigenvalue weighted by molar-refractivity contribution is 5.95. The quantitative estimate of drug-likeness (QED) is 0.816. The molecular weight excluding hydrogens is 236 g/mol. The van der Waals surface area contributed by atoms with Crippen LogP contribution in [0, 0.1) is 24.2 Å². The first-order chi connectivity index (χ1) is 9.13. The monoisotopic (exact) mass is 256 g/mol. The van der Waals surface area contributed by atoms with Crippen molar-refractivity contribution in [3.05, 3.63) is 35.4 Å². The molecule has 0 bridgehead atoms. The van der Waals surface area contributed by atoms with Crippen LogP contribution in [0.3, 0.4) is 0 Å². The van der Waals surface area contributed by atoms with E-state index in [1.54, 1.807) is 0 Å². The number of hydrogen-bond donors (Lipinski definition) is 0. The topological polar surface area (TPSA) is 44.1 Å². The van der Waals surface area contributed by atoms with Gasteiger partial charge in [-0.15, -0.1) is 0 Å². The van der Waals surface area contributed by atoms with Gasteiger partial charge in [-0.2, -0.15) is 5.26 Å². The second-order valence-electron chi connectivity index (χ2n) is 5.37. The summed E-state index contributed by atoms with van der Waals surface area (Å²) in [4.78, 5) is 14.3. The predicted molar refractivity (Wildman–Crippen MR) is 74.6 cm³/mol. The standard InChI is InChI=1S/C16H20N2O/c1-12-5-3-4-6-15(12)16(19)18(2)14-9-7-13(11-17)8-10-14/h3-6,13-14H,7-10H2,1-2H3. The van der Waals surface area contributed by atoms with Gasteiger partial charge in [-0.3, -0.25) is 4.79 Å². The Morgan fingerprint density at radius 3 is 2.47 bits per heavy atom. The SMILES string of the molecule is Cc1ccccc1C(=O)N(C)C1CCC(C#N)CC1. The highest BCUT2D eigenvalue weighted by atomic mass is 16.2. The van der Waals surface area contributed by atoms with E-state index in [1.807, 2.05) is 43.1 Å². The molecule has 1 amide bonds. The maximum atomic E-state index is 12.5. The van der Waals surface area contributed by atoms with Crippen LogP contribution in [0.1, 0.15) is 41.6 Å². The fourth-order valence-corrected chi connectivity index (χ4v) is 2.76. The molecule has 3 heteroatoms. The number of aryl methyl sites for hydroxylation is 1. The minimum atomic E-state index is 0.0958. The molecule has 3 nitrogen and oxygen atoms in total. The van der Waals surface area contributed by atoms with E-state index in [2.05, 4.69) is 6.07 Å². The molecule has 0 atom stereocenters. The minimum absolute atomic E-state index is 0.0958. The smallest absolute Gasteiger partial charge is 0.254 e. The van der Waals surface area contributed by atoms with Crippen molar-refractivity contribution in [2.45, 2.75) is 38.6 Å². The van der Waals surface area contributed by atoms with E-state index in [9.17, 15) is 4.79 Å². The van der Waals surface area contributed by atoms with Crippen molar-refractivity contribution in [1.29, 1.82) is 5.26 Å². The molecule has 0 aromatic heterocycles. The van der Waals surface area contributed by atoms with Crippen molar-refractivity contribution in [2.24, 2.45) is 5.92 Å². The summed E-state index contributed by atoms with van der Waals surface area (Å²) in [5.74, 6) is 0.275. The van der Waals surface area contributed by atoms with Gasteiger partial charge >= 0.3 is 0 Å². The molecular formula is C16H20N2O. The Morgan fingerprint density at radius 1 is 1.26 bits per heavy atom. The van der Waals surface area contributed by atoms with Gasteiger partial charge in [0.05, 0.1) is 6.07 Å². The van der Waals surface area contributed by atoms with Crippen LogP contribution >= 0.6 is 0 Å². The van der Waals surface area contributed by atoms with E-state index in [-0.39, 0.29) is 17.9 Å². The number of carbonyl (C=O) groups is 1. The van der Waals surface area contributed by atoms with E-state index >= 15 is 0 Å². The molecule has 0 heterocycles. The Balaban J connectivity index is 2.05. The van der Waals surface area contributed by atoms with Crippen LogP contribution in [-0.2, 0) is 0 Å². The highest BCUT2D eigenvalue weighted by Crippen LogP contribution is 2.27. The largest absolute Gasteiger partial charge is 0.339 e. The Kier molecular flexibility index (Phi) is 4.21. The molecule has 0 unspecified atom stereocenters. The molecule has 0 spiro atoms. The summed E-state index contributed by atoms with van der Waals surface area (Å²) in [5, 5.41) is 8.91. The first kappa shape index (κ1) is 13.6. The Labute approximate surface area is 114 Å². The zero-order valence-electron chi connectivity index (χ0n) is 11.6. The third-order valence-electron chi connectivity index (χ3n) is 4.12. The molecule has 0 aliphatic heterocycles. The van der Waals surface area contributed by atoms with Gasteiger partial charge in [-0.05, 0) is 44.2 Å². The van der Waals surface area contributed by atoms with Crippen LogP contribution in [0.15, 0.2) is 24.3 Å². The van der Waals surface area contributed by atoms with Gasteiger partial charge in [-0.1, -0.05) is 18.2 Å². The summed E-state index contributed by atoms with van der Waals surface area (Å²) in [6.45, 7) is 1.97. The molecule has 1 aromatic rings. The van der Waals surface area contributed by atoms with Gasteiger partial charge in [0.2, 0.25) is 0 Å². The molecule has 1 aliphatic carbocycles. The Morgan fingerprint density at radius 2 is 1.89 bits per heavy atom. The molecule has 100 valence electrons. The normalized spacial score (nSPS) is 22.6. The highest BCUT2D eigenvalue weighted by Gasteiger charge is 2.27. The number of benzene rings is 1. The molecule has 1 fully saturated rings. The number of carbonyl (C=O) groups excluding carboxylic acids is 1. The molecule has 1 saturated carbocycles. The average Bonchev–Trinajstić information content (AvgIpc) is 2.46. The average molecular weight is 256 g/mol. The molecule has 1 aromatic carbocycles. The van der Waals surface area contributed by atoms with E-state index < -0.39 is 0 Å². The van der Waals surface area contributed by atoms with Crippen LogP contribution in [-0.4, -0.2) is 23.9 Å². The van der Waals surface area contributed by atoms with Gasteiger partial charge in [0, 0.05) is 24.6 Å². The van der Waals surface area contributed by atoms with E-state index in [0.29, 0.717) is 0 Å². The summed E-state index contributed by atoms with van der Waals surface area (Å²) >= 11 is 0. The van der Waals surface area contributed by atoms with Crippen molar-refractivity contribution in [1.82, 2.24) is 4.90 Å². The van der Waals surface area contributed by atoms with Crippen LogP contribution in [0.2, 0.25) is 0 Å². The minimum Gasteiger partial charge on any atom is -0.339 e. The zero-order chi connectivity index (χ0) is 13.8. The van der Waals surface area contributed by atoms with Gasteiger partial charge < -0.3 is 4.90 Å². The van der Waals surface area contributed by atoms with Crippen molar-refractivity contribution < 1.29 is 4.79 Å². The molecule has 2 rings (SSSR count). The third kappa shape index (κ3) is 2.96. The van der Waals surface area contributed by atoms with Gasteiger partial charge in [0.25, 0.3) is 5.91 Å². The lowest BCUT2D eigenvalue weighted by molar-refractivity contribution is 0.0685. The van der Waals surface area contributed by atoms with Crippen molar-refractivity contribution in [3.8, 4) is 6.07 Å². The maximum Gasteiger partial charge on any atom is 0.254 e. The van der Waals surface area contributed by atoms with Gasteiger partial charge in [-0.25, -0.2) is 0 Å². The summed E-state index contributed by atoms with van der Waals surface area (Å²) in [7, 11) is 1.88. The van der Waals surface area contributed by atoms with Crippen LogP contribution in [0.4, 0.5) is 0 Å². The lowest BCUT2D eigenvalue weighted by Crippen LogP contribution is -2.39. The summed E-state index contributed by atoms with van der Waals surface area (Å²) in [6.07, 6.45) is 3.69. The van der Waals surface area contributed by atoms with E-state index in [1.165, 1.54) is 0 Å². The Hall–Kier alpha value is -1.82. The van der Waals surface area contributed by atoms with Crippen LogP contribution in [0.25, 0.3) is 0 Å². The lowest BCUT2D eigenvalue weighted by atomic mass is 9.86. The number of nitrogens with zero attached hydrogens (tertiary/aromatic N) is 2. The van der Waals surface area contributed by atoms with Crippen LogP contribution in [0.5, 0.6) is 0 Å². The molecule has 19 heavy (non-hydrogen) atoms. The first-order valence-corrected chi connectivity index (χ1v) is 6.86. The fourth-order valence-electron chi connectivity index (χ4n) is 2.76.